The van der Waals surface area contributed by atoms with Gasteiger partial charge in [-0.05, 0) is 24.3 Å². The van der Waals surface area contributed by atoms with Crippen molar-refractivity contribution in [3.8, 4) is 5.75 Å². The number of para-hydroxylation sites is 1. The van der Waals surface area contributed by atoms with E-state index >= 15 is 0 Å². The Kier molecular flexibility index (Phi) is 5.94. The molecule has 0 bridgehead atoms. The molecule has 4 nitrogen and oxygen atoms in total. The molecule has 0 saturated carbocycles. The molecule has 0 aromatic heterocycles. The van der Waals surface area contributed by atoms with Crippen LogP contribution in [-0.4, -0.2) is 19.0 Å². The maximum Gasteiger partial charge on any atom is 0.340 e. The molecule has 0 unspecified atom stereocenters. The Hall–Kier alpha value is -3.09. The SMILES string of the molecule is COC(=O)C/C(=C\c1cc(F)c(F)cc1F)C(=O)Oc1ccccc1. The Morgan fingerprint density at radius 2 is 1.64 bits per heavy atom. The molecule has 0 radical (unpaired) electrons. The lowest BCUT2D eigenvalue weighted by molar-refractivity contribution is -0.141. The second-order valence-electron chi connectivity index (χ2n) is 4.91. The van der Waals surface area contributed by atoms with Crippen LogP contribution in [0, 0.1) is 17.5 Å². The molecule has 0 heterocycles. The summed E-state index contributed by atoms with van der Waals surface area (Å²) in [4.78, 5) is 23.7. The first kappa shape index (κ1) is 18.3. The zero-order valence-electron chi connectivity index (χ0n) is 13.1. The van der Waals surface area contributed by atoms with E-state index < -0.39 is 41.4 Å². The van der Waals surface area contributed by atoms with Gasteiger partial charge in [-0.2, -0.15) is 0 Å². The smallest absolute Gasteiger partial charge is 0.340 e. The van der Waals surface area contributed by atoms with Crippen molar-refractivity contribution in [1.29, 1.82) is 0 Å². The van der Waals surface area contributed by atoms with Gasteiger partial charge in [0.1, 0.15) is 11.6 Å². The minimum absolute atomic E-state index is 0.203. The van der Waals surface area contributed by atoms with Gasteiger partial charge in [0.05, 0.1) is 13.5 Å². The van der Waals surface area contributed by atoms with Gasteiger partial charge >= 0.3 is 11.9 Å². The average molecular weight is 350 g/mol. The topological polar surface area (TPSA) is 52.6 Å². The predicted molar refractivity (Wildman–Crippen MR) is 83.0 cm³/mol. The van der Waals surface area contributed by atoms with Gasteiger partial charge in [-0.1, -0.05) is 18.2 Å². The van der Waals surface area contributed by atoms with Crippen LogP contribution >= 0.6 is 0 Å². The van der Waals surface area contributed by atoms with Crippen LogP contribution in [0.3, 0.4) is 0 Å². The third-order valence-electron chi connectivity index (χ3n) is 3.15. The first-order valence-corrected chi connectivity index (χ1v) is 7.10. The van der Waals surface area contributed by atoms with Gasteiger partial charge in [-0.25, -0.2) is 18.0 Å². The number of carbonyl (C=O) groups excluding carboxylic acids is 2. The molecule has 0 fully saturated rings. The van der Waals surface area contributed by atoms with E-state index in [2.05, 4.69) is 4.74 Å². The van der Waals surface area contributed by atoms with Crippen LogP contribution in [0.5, 0.6) is 5.75 Å². The Balaban J connectivity index is 2.36. The van der Waals surface area contributed by atoms with Crippen LogP contribution in [0.4, 0.5) is 13.2 Å². The molecule has 0 atom stereocenters. The third-order valence-corrected chi connectivity index (χ3v) is 3.15. The van der Waals surface area contributed by atoms with Gasteiger partial charge in [0.15, 0.2) is 11.6 Å². The Morgan fingerprint density at radius 3 is 2.28 bits per heavy atom. The van der Waals surface area contributed by atoms with Crippen LogP contribution < -0.4 is 4.74 Å². The fourth-order valence-corrected chi connectivity index (χ4v) is 1.91. The van der Waals surface area contributed by atoms with Crippen molar-refractivity contribution >= 4 is 18.0 Å². The number of hydrogen-bond acceptors (Lipinski definition) is 4. The molecule has 0 aliphatic rings. The van der Waals surface area contributed by atoms with Crippen LogP contribution in [-0.2, 0) is 14.3 Å². The van der Waals surface area contributed by atoms with Crippen molar-refractivity contribution in [3.05, 3.63) is 71.1 Å². The summed E-state index contributed by atoms with van der Waals surface area (Å²) in [6, 6.07) is 8.90. The Labute approximate surface area is 141 Å². The molecule has 0 spiro atoms. The molecule has 130 valence electrons. The predicted octanol–water partition coefficient (Wildman–Crippen LogP) is 3.66. The number of rotatable bonds is 5. The lowest BCUT2D eigenvalue weighted by atomic mass is 10.1. The van der Waals surface area contributed by atoms with E-state index in [0.29, 0.717) is 12.1 Å². The van der Waals surface area contributed by atoms with Crippen molar-refractivity contribution in [2.75, 3.05) is 7.11 Å². The second kappa shape index (κ2) is 8.14. The van der Waals surface area contributed by atoms with Gasteiger partial charge in [-0.15, -0.1) is 0 Å². The van der Waals surface area contributed by atoms with E-state index in [1.807, 2.05) is 0 Å². The Bertz CT molecular complexity index is 817. The molecular weight excluding hydrogens is 337 g/mol. The van der Waals surface area contributed by atoms with Crippen molar-refractivity contribution < 1.29 is 32.2 Å². The van der Waals surface area contributed by atoms with E-state index in [-0.39, 0.29) is 11.3 Å². The van der Waals surface area contributed by atoms with Crippen LogP contribution in [0.25, 0.3) is 6.08 Å². The number of hydrogen-bond donors (Lipinski definition) is 0. The highest BCUT2D eigenvalue weighted by Crippen LogP contribution is 2.20. The summed E-state index contributed by atoms with van der Waals surface area (Å²) in [5.41, 5.74) is -0.677. The fourth-order valence-electron chi connectivity index (χ4n) is 1.91. The molecule has 0 N–H and O–H groups in total. The molecule has 2 aromatic rings. The van der Waals surface area contributed by atoms with Crippen LogP contribution in [0.2, 0.25) is 0 Å². The van der Waals surface area contributed by atoms with E-state index in [9.17, 15) is 22.8 Å². The van der Waals surface area contributed by atoms with E-state index in [1.54, 1.807) is 18.2 Å². The maximum absolute atomic E-state index is 13.8. The zero-order valence-corrected chi connectivity index (χ0v) is 13.1. The normalized spacial score (nSPS) is 11.1. The monoisotopic (exact) mass is 350 g/mol. The summed E-state index contributed by atoms with van der Waals surface area (Å²) < 4.78 is 49.7. The van der Waals surface area contributed by atoms with Gasteiger partial charge in [0, 0.05) is 17.2 Å². The van der Waals surface area contributed by atoms with Gasteiger partial charge in [0.25, 0.3) is 0 Å². The maximum atomic E-state index is 13.8. The van der Waals surface area contributed by atoms with E-state index in [0.717, 1.165) is 13.2 Å². The minimum Gasteiger partial charge on any atom is -0.469 e. The zero-order chi connectivity index (χ0) is 18.4. The molecule has 7 heteroatoms. The molecule has 2 aromatic carbocycles. The third kappa shape index (κ3) is 4.94. The molecule has 0 amide bonds. The van der Waals surface area contributed by atoms with E-state index in [4.69, 9.17) is 4.74 Å². The molecule has 2 rings (SSSR count). The lowest BCUT2D eigenvalue weighted by Crippen LogP contribution is -2.15. The number of carbonyl (C=O) groups is 2. The summed E-state index contributed by atoms with van der Waals surface area (Å²) in [5, 5.41) is 0. The average Bonchev–Trinajstić information content (AvgIpc) is 2.59. The summed E-state index contributed by atoms with van der Waals surface area (Å²) in [7, 11) is 1.11. The summed E-state index contributed by atoms with van der Waals surface area (Å²) >= 11 is 0. The molecule has 0 saturated heterocycles. The second-order valence-corrected chi connectivity index (χ2v) is 4.91. The number of halogens is 3. The molecular formula is C18H13F3O4. The summed E-state index contributed by atoms with van der Waals surface area (Å²) in [6.07, 6.45) is 0.390. The first-order chi connectivity index (χ1) is 11.9. The summed E-state index contributed by atoms with van der Waals surface area (Å²) in [6.45, 7) is 0. The van der Waals surface area contributed by atoms with Crippen molar-refractivity contribution in [1.82, 2.24) is 0 Å². The minimum atomic E-state index is -1.36. The quantitative estimate of drug-likeness (QED) is 0.357. The standard InChI is InChI=1S/C18H13F3O4/c1-24-17(22)9-12(18(23)25-13-5-3-2-4-6-13)7-11-8-15(20)16(21)10-14(11)19/h2-8,10H,9H2,1H3/b12-7+. The highest BCUT2D eigenvalue weighted by Gasteiger charge is 2.18. The van der Waals surface area contributed by atoms with Crippen LogP contribution in [0.1, 0.15) is 12.0 Å². The fraction of sp³-hybridized carbons (Fsp3) is 0.111. The van der Waals surface area contributed by atoms with E-state index in [1.165, 1.54) is 12.1 Å². The Morgan fingerprint density at radius 1 is 1.00 bits per heavy atom. The highest BCUT2D eigenvalue weighted by atomic mass is 19.2. The first-order valence-electron chi connectivity index (χ1n) is 7.10. The largest absolute Gasteiger partial charge is 0.469 e. The van der Waals surface area contributed by atoms with Crippen molar-refractivity contribution in [3.63, 3.8) is 0 Å². The van der Waals surface area contributed by atoms with Gasteiger partial charge in [-0.3, -0.25) is 4.79 Å². The molecule has 0 aliphatic heterocycles. The number of ether oxygens (including phenoxy) is 2. The van der Waals surface area contributed by atoms with Gasteiger partial charge < -0.3 is 9.47 Å². The summed E-state index contributed by atoms with van der Waals surface area (Å²) in [5.74, 6) is -5.26. The highest BCUT2D eigenvalue weighted by molar-refractivity contribution is 5.99. The number of benzene rings is 2. The van der Waals surface area contributed by atoms with Crippen molar-refractivity contribution in [2.24, 2.45) is 0 Å². The lowest BCUT2D eigenvalue weighted by Gasteiger charge is -2.08. The van der Waals surface area contributed by atoms with Crippen LogP contribution in [0.15, 0.2) is 48.0 Å². The molecule has 25 heavy (non-hydrogen) atoms. The number of esters is 2. The number of methoxy groups -OCH3 is 1. The van der Waals surface area contributed by atoms with Crippen molar-refractivity contribution in [2.45, 2.75) is 6.42 Å². The molecule has 0 aliphatic carbocycles. The van der Waals surface area contributed by atoms with Gasteiger partial charge in [0.2, 0.25) is 0 Å².